The van der Waals surface area contributed by atoms with Gasteiger partial charge < -0.3 is 4.42 Å². The van der Waals surface area contributed by atoms with Crippen LogP contribution in [0.3, 0.4) is 0 Å². The van der Waals surface area contributed by atoms with Crippen molar-refractivity contribution < 1.29 is 4.42 Å². The fourth-order valence-corrected chi connectivity index (χ4v) is 3.30. The van der Waals surface area contributed by atoms with Crippen LogP contribution in [0.4, 0.5) is 0 Å². The van der Waals surface area contributed by atoms with E-state index in [1.807, 2.05) is 24.3 Å². The lowest BCUT2D eigenvalue weighted by Crippen LogP contribution is -1.98. The molecule has 1 aromatic carbocycles. The molecule has 0 saturated heterocycles. The second kappa shape index (κ2) is 3.34. The van der Waals surface area contributed by atoms with Gasteiger partial charge in [0.1, 0.15) is 5.76 Å². The number of hydrogen-bond acceptors (Lipinski definition) is 3. The van der Waals surface area contributed by atoms with E-state index in [1.54, 1.807) is 6.92 Å². The Labute approximate surface area is 100 Å². The van der Waals surface area contributed by atoms with Crippen LogP contribution in [-0.2, 0) is 0 Å². The highest BCUT2D eigenvalue weighted by Crippen LogP contribution is 2.36. The SMILES string of the molecule is Cc1cc2sc3c(Cl)cccc3c2c(=O)o1. The average molecular weight is 251 g/mol. The third kappa shape index (κ3) is 1.29. The molecule has 2 heterocycles. The Morgan fingerprint density at radius 2 is 2.19 bits per heavy atom. The molecule has 0 unspecified atom stereocenters. The molecule has 16 heavy (non-hydrogen) atoms. The molecule has 0 aliphatic carbocycles. The zero-order valence-electron chi connectivity index (χ0n) is 8.41. The molecule has 3 rings (SSSR count). The molecule has 0 aliphatic rings. The lowest BCUT2D eigenvalue weighted by atomic mass is 10.2. The minimum absolute atomic E-state index is 0.288. The fourth-order valence-electron chi connectivity index (χ4n) is 1.83. The Balaban J connectivity index is 2.67. The molecule has 80 valence electrons. The second-order valence-electron chi connectivity index (χ2n) is 3.60. The van der Waals surface area contributed by atoms with E-state index in [0.29, 0.717) is 16.2 Å². The van der Waals surface area contributed by atoms with Crippen molar-refractivity contribution >= 4 is 43.1 Å². The number of hydrogen-bond donors (Lipinski definition) is 0. The van der Waals surface area contributed by atoms with Crippen molar-refractivity contribution in [2.45, 2.75) is 6.92 Å². The van der Waals surface area contributed by atoms with Crippen LogP contribution in [0.25, 0.3) is 20.2 Å². The minimum Gasteiger partial charge on any atom is -0.428 e. The van der Waals surface area contributed by atoms with Crippen LogP contribution >= 0.6 is 22.9 Å². The summed E-state index contributed by atoms with van der Waals surface area (Å²) in [6.07, 6.45) is 0. The molecule has 0 N–H and O–H groups in total. The first-order chi connectivity index (χ1) is 7.66. The molecule has 2 nitrogen and oxygen atoms in total. The highest BCUT2D eigenvalue weighted by Gasteiger charge is 2.12. The van der Waals surface area contributed by atoms with Gasteiger partial charge >= 0.3 is 5.63 Å². The Hall–Kier alpha value is -1.32. The van der Waals surface area contributed by atoms with Gasteiger partial charge in [0, 0.05) is 10.1 Å². The Morgan fingerprint density at radius 3 is 3.00 bits per heavy atom. The molecule has 0 atom stereocenters. The Morgan fingerprint density at radius 1 is 1.38 bits per heavy atom. The van der Waals surface area contributed by atoms with Crippen LogP contribution in [0, 0.1) is 6.92 Å². The smallest absolute Gasteiger partial charge is 0.345 e. The summed E-state index contributed by atoms with van der Waals surface area (Å²) in [5.74, 6) is 0.625. The largest absolute Gasteiger partial charge is 0.428 e. The summed E-state index contributed by atoms with van der Waals surface area (Å²) in [6.45, 7) is 1.77. The summed E-state index contributed by atoms with van der Waals surface area (Å²) in [6, 6.07) is 7.44. The molecule has 0 spiro atoms. The Kier molecular flexibility index (Phi) is 2.06. The van der Waals surface area contributed by atoms with Gasteiger partial charge in [-0.3, -0.25) is 0 Å². The van der Waals surface area contributed by atoms with Gasteiger partial charge in [-0.2, -0.15) is 0 Å². The van der Waals surface area contributed by atoms with Crippen molar-refractivity contribution in [1.82, 2.24) is 0 Å². The van der Waals surface area contributed by atoms with Crippen LogP contribution < -0.4 is 5.63 Å². The summed E-state index contributed by atoms with van der Waals surface area (Å²) in [5.41, 5.74) is -0.288. The Bertz CT molecular complexity index is 755. The first kappa shape index (κ1) is 9.87. The number of aryl methyl sites for hydroxylation is 1. The quantitative estimate of drug-likeness (QED) is 0.604. The van der Waals surface area contributed by atoms with E-state index < -0.39 is 0 Å². The molecule has 3 aromatic rings. The number of rotatable bonds is 0. The normalized spacial score (nSPS) is 11.4. The van der Waals surface area contributed by atoms with Gasteiger partial charge in [-0.25, -0.2) is 4.79 Å². The van der Waals surface area contributed by atoms with E-state index in [2.05, 4.69) is 0 Å². The zero-order chi connectivity index (χ0) is 11.3. The van der Waals surface area contributed by atoms with Gasteiger partial charge in [-0.05, 0) is 19.1 Å². The predicted molar refractivity (Wildman–Crippen MR) is 67.6 cm³/mol. The maximum Gasteiger partial charge on any atom is 0.345 e. The monoisotopic (exact) mass is 250 g/mol. The van der Waals surface area contributed by atoms with E-state index >= 15 is 0 Å². The van der Waals surface area contributed by atoms with Crippen LogP contribution in [0.2, 0.25) is 5.02 Å². The molecule has 0 radical (unpaired) electrons. The van der Waals surface area contributed by atoms with Crippen LogP contribution in [0.15, 0.2) is 33.5 Å². The van der Waals surface area contributed by atoms with Gasteiger partial charge in [-0.15, -0.1) is 11.3 Å². The van der Waals surface area contributed by atoms with Gasteiger partial charge in [0.2, 0.25) is 0 Å². The second-order valence-corrected chi connectivity index (χ2v) is 5.06. The van der Waals surface area contributed by atoms with Gasteiger partial charge in [0.25, 0.3) is 0 Å². The fraction of sp³-hybridized carbons (Fsp3) is 0.0833. The van der Waals surface area contributed by atoms with Crippen molar-refractivity contribution in [2.75, 3.05) is 0 Å². The maximum atomic E-state index is 11.8. The molecular weight excluding hydrogens is 244 g/mol. The third-order valence-electron chi connectivity index (χ3n) is 2.49. The van der Waals surface area contributed by atoms with Crippen LogP contribution in [-0.4, -0.2) is 0 Å². The molecule has 0 bridgehead atoms. The van der Waals surface area contributed by atoms with Crippen LogP contribution in [0.5, 0.6) is 0 Å². The van der Waals surface area contributed by atoms with E-state index in [0.717, 1.165) is 14.8 Å². The molecule has 2 aromatic heterocycles. The summed E-state index contributed by atoms with van der Waals surface area (Å²) >= 11 is 7.62. The zero-order valence-corrected chi connectivity index (χ0v) is 9.98. The van der Waals surface area contributed by atoms with E-state index in [9.17, 15) is 4.79 Å². The van der Waals surface area contributed by atoms with Gasteiger partial charge in [0.15, 0.2) is 0 Å². The third-order valence-corrected chi connectivity index (χ3v) is 4.10. The average Bonchev–Trinajstić information content (AvgIpc) is 2.57. The van der Waals surface area contributed by atoms with E-state index in [1.165, 1.54) is 11.3 Å². The predicted octanol–water partition coefficient (Wildman–Crippen LogP) is 3.97. The minimum atomic E-state index is -0.288. The topological polar surface area (TPSA) is 30.2 Å². The molecule has 0 fully saturated rings. The highest BCUT2D eigenvalue weighted by atomic mass is 35.5. The molecule has 0 saturated carbocycles. The first-order valence-corrected chi connectivity index (χ1v) is 5.98. The first-order valence-electron chi connectivity index (χ1n) is 4.78. The molecule has 4 heteroatoms. The number of thiophene rings is 1. The van der Waals surface area contributed by atoms with Crippen molar-refractivity contribution in [3.8, 4) is 0 Å². The number of fused-ring (bicyclic) bond motifs is 3. The summed E-state index contributed by atoms with van der Waals surface area (Å²) in [4.78, 5) is 11.8. The van der Waals surface area contributed by atoms with Crippen molar-refractivity contribution in [3.05, 3.63) is 45.5 Å². The van der Waals surface area contributed by atoms with E-state index in [-0.39, 0.29) is 5.63 Å². The van der Waals surface area contributed by atoms with Crippen LogP contribution in [0.1, 0.15) is 5.76 Å². The summed E-state index contributed by atoms with van der Waals surface area (Å²) in [5, 5.41) is 2.19. The van der Waals surface area contributed by atoms with Crippen molar-refractivity contribution in [3.63, 3.8) is 0 Å². The van der Waals surface area contributed by atoms with Gasteiger partial charge in [0.05, 0.1) is 15.1 Å². The summed E-state index contributed by atoms with van der Waals surface area (Å²) < 4.78 is 6.97. The highest BCUT2D eigenvalue weighted by molar-refractivity contribution is 7.26. The number of halogens is 1. The molecule has 0 aliphatic heterocycles. The van der Waals surface area contributed by atoms with Crippen molar-refractivity contribution in [2.24, 2.45) is 0 Å². The summed E-state index contributed by atoms with van der Waals surface area (Å²) in [7, 11) is 0. The molecular formula is C12H7ClO2S. The van der Waals surface area contributed by atoms with Gasteiger partial charge in [-0.1, -0.05) is 23.7 Å². The molecule has 0 amide bonds. The van der Waals surface area contributed by atoms with E-state index in [4.69, 9.17) is 16.0 Å². The standard InChI is InChI=1S/C12H7ClO2S/c1-6-5-9-10(12(14)15-6)7-3-2-4-8(13)11(7)16-9/h2-5H,1H3. The lowest BCUT2D eigenvalue weighted by molar-refractivity contribution is 0.489. The number of benzene rings is 1. The maximum absolute atomic E-state index is 11.8. The van der Waals surface area contributed by atoms with Crippen molar-refractivity contribution in [1.29, 1.82) is 0 Å². The lowest BCUT2D eigenvalue weighted by Gasteiger charge is -1.92.